The second-order valence-corrected chi connectivity index (χ2v) is 9.52. The number of nitrogens with one attached hydrogen (secondary N) is 1. The van der Waals surface area contributed by atoms with E-state index in [1.165, 1.54) is 22.8 Å². The number of carbonyl (C=O) groups excluding carboxylic acids is 2. The average molecular weight is 569 g/mol. The van der Waals surface area contributed by atoms with Crippen LogP contribution in [0, 0.1) is 11.6 Å². The first-order valence-electron chi connectivity index (χ1n) is 13.1. The number of hydrogen-bond acceptors (Lipinski definition) is 5. The van der Waals surface area contributed by atoms with Crippen molar-refractivity contribution in [1.82, 2.24) is 4.57 Å². The first-order valence-corrected chi connectivity index (χ1v) is 13.1. The molecule has 5 aromatic rings. The zero-order valence-electron chi connectivity index (χ0n) is 22.8. The molecule has 1 heterocycles. The van der Waals surface area contributed by atoms with Gasteiger partial charge < -0.3 is 19.4 Å². The molecule has 0 saturated heterocycles. The fourth-order valence-corrected chi connectivity index (χ4v) is 4.69. The van der Waals surface area contributed by atoms with Crippen molar-refractivity contribution in [1.29, 1.82) is 0 Å². The van der Waals surface area contributed by atoms with Gasteiger partial charge in [-0.2, -0.15) is 0 Å². The second kappa shape index (κ2) is 12.1. The van der Waals surface area contributed by atoms with E-state index in [0.29, 0.717) is 34.0 Å². The van der Waals surface area contributed by atoms with Gasteiger partial charge in [-0.3, -0.25) is 14.4 Å². The molecule has 0 saturated carbocycles. The molecule has 212 valence electrons. The second-order valence-electron chi connectivity index (χ2n) is 9.52. The highest BCUT2D eigenvalue weighted by Gasteiger charge is 2.18. The molecule has 4 aromatic carbocycles. The summed E-state index contributed by atoms with van der Waals surface area (Å²) in [7, 11) is 1.57. The Bertz CT molecular complexity index is 1880. The number of pyridine rings is 1. The van der Waals surface area contributed by atoms with Gasteiger partial charge in [0.25, 0.3) is 5.56 Å². The molecule has 0 radical (unpaired) electrons. The third kappa shape index (κ3) is 5.90. The molecule has 0 aliphatic carbocycles. The van der Waals surface area contributed by atoms with Crippen LogP contribution in [0.3, 0.4) is 0 Å². The molecule has 0 fully saturated rings. The first kappa shape index (κ1) is 28.2. The van der Waals surface area contributed by atoms with E-state index >= 15 is 0 Å². The van der Waals surface area contributed by atoms with Crippen LogP contribution >= 0.6 is 0 Å². The van der Waals surface area contributed by atoms with Crippen LogP contribution in [0.15, 0.2) is 89.9 Å². The van der Waals surface area contributed by atoms with Crippen LogP contribution in [-0.4, -0.2) is 23.4 Å². The normalized spacial score (nSPS) is 10.9. The third-order valence-corrected chi connectivity index (χ3v) is 6.69. The van der Waals surface area contributed by atoms with Crippen molar-refractivity contribution < 1.29 is 27.8 Å². The van der Waals surface area contributed by atoms with E-state index in [2.05, 4.69) is 5.32 Å². The Morgan fingerprint density at radius 1 is 0.929 bits per heavy atom. The maximum atomic E-state index is 14.5. The number of benzene rings is 4. The van der Waals surface area contributed by atoms with Gasteiger partial charge in [-0.05, 0) is 53.6 Å². The number of aryl methyl sites for hydroxylation is 1. The number of halogens is 2. The summed E-state index contributed by atoms with van der Waals surface area (Å²) in [6.45, 7) is 2.04. The van der Waals surface area contributed by atoms with E-state index in [0.717, 1.165) is 23.1 Å². The van der Waals surface area contributed by atoms with Gasteiger partial charge in [0.15, 0.2) is 17.9 Å². The molecule has 1 amide bonds. The zero-order chi connectivity index (χ0) is 29.8. The monoisotopic (exact) mass is 568 g/mol. The first-order chi connectivity index (χ1) is 20.3. The van der Waals surface area contributed by atoms with E-state index in [4.69, 9.17) is 9.47 Å². The highest BCUT2D eigenvalue weighted by molar-refractivity contribution is 6.02. The number of carbonyl (C=O) groups is 2. The molecule has 0 bridgehead atoms. The van der Waals surface area contributed by atoms with Crippen LogP contribution in [-0.2, 0) is 18.3 Å². The molecule has 7 nitrogen and oxygen atoms in total. The third-order valence-electron chi connectivity index (χ3n) is 6.69. The fraction of sp³-hybridized carbons (Fsp3) is 0.121. The van der Waals surface area contributed by atoms with Gasteiger partial charge in [0.2, 0.25) is 5.91 Å². The Morgan fingerprint density at radius 2 is 1.71 bits per heavy atom. The summed E-state index contributed by atoms with van der Waals surface area (Å²) in [4.78, 5) is 37.4. The van der Waals surface area contributed by atoms with E-state index in [-0.39, 0.29) is 41.7 Å². The lowest BCUT2D eigenvalue weighted by Crippen LogP contribution is -2.17. The fourth-order valence-electron chi connectivity index (χ4n) is 4.69. The van der Waals surface area contributed by atoms with Crippen LogP contribution in [0.2, 0.25) is 0 Å². The quantitative estimate of drug-likeness (QED) is 0.201. The van der Waals surface area contributed by atoms with Crippen LogP contribution in [0.1, 0.15) is 22.8 Å². The van der Waals surface area contributed by atoms with Crippen LogP contribution in [0.4, 0.5) is 14.5 Å². The van der Waals surface area contributed by atoms with Gasteiger partial charge in [0, 0.05) is 47.8 Å². The largest absolute Gasteiger partial charge is 0.493 e. The average Bonchev–Trinajstić information content (AvgIpc) is 2.97. The topological polar surface area (TPSA) is 86.6 Å². The predicted molar refractivity (Wildman–Crippen MR) is 156 cm³/mol. The summed E-state index contributed by atoms with van der Waals surface area (Å²) in [5.41, 5.74) is 1.93. The summed E-state index contributed by atoms with van der Waals surface area (Å²) in [5, 5.41) is 4.49. The standard InChI is InChI=1S/C33H26F2N2O5/c1-3-41-31-17-33(40)37(2)18-26(31)25-16-23(11-13-29(25)42-30-12-10-22(34)15-28(30)35)36-32(39)14-21-9-8-20-6-4-5-7-24(20)27(21)19-38/h4-13,15-19H,3,14H2,1-2H3,(H,36,39). The molecule has 1 aromatic heterocycles. The summed E-state index contributed by atoms with van der Waals surface area (Å²) in [6, 6.07) is 20.0. The van der Waals surface area contributed by atoms with Gasteiger partial charge >= 0.3 is 0 Å². The molecule has 9 heteroatoms. The Morgan fingerprint density at radius 3 is 2.48 bits per heavy atom. The van der Waals surface area contributed by atoms with Gasteiger partial charge in [-0.15, -0.1) is 0 Å². The number of aldehydes is 1. The minimum Gasteiger partial charge on any atom is -0.493 e. The Hall–Kier alpha value is -5.31. The van der Waals surface area contributed by atoms with Gasteiger partial charge in [0.1, 0.15) is 17.3 Å². The van der Waals surface area contributed by atoms with Crippen LogP contribution in [0.5, 0.6) is 17.2 Å². The zero-order valence-corrected chi connectivity index (χ0v) is 22.8. The number of aromatic nitrogens is 1. The SMILES string of the molecule is CCOc1cc(=O)n(C)cc1-c1cc(NC(=O)Cc2ccc3ccccc3c2C=O)ccc1Oc1ccc(F)cc1F. The Balaban J connectivity index is 1.52. The van der Waals surface area contributed by atoms with Crippen molar-refractivity contribution in [3.05, 3.63) is 118 Å². The minimum absolute atomic E-state index is 0.0582. The van der Waals surface area contributed by atoms with E-state index in [1.54, 1.807) is 38.4 Å². The van der Waals surface area contributed by atoms with Crippen LogP contribution < -0.4 is 20.3 Å². The summed E-state index contributed by atoms with van der Waals surface area (Å²) >= 11 is 0. The van der Waals surface area contributed by atoms with Gasteiger partial charge in [-0.25, -0.2) is 8.78 Å². The van der Waals surface area contributed by atoms with Crippen molar-refractivity contribution in [3.63, 3.8) is 0 Å². The van der Waals surface area contributed by atoms with Gasteiger partial charge in [-0.1, -0.05) is 36.4 Å². The van der Waals surface area contributed by atoms with E-state index < -0.39 is 11.6 Å². The van der Waals surface area contributed by atoms with E-state index in [9.17, 15) is 23.2 Å². The molecule has 0 atom stereocenters. The number of hydrogen-bond donors (Lipinski definition) is 1. The number of ether oxygens (including phenoxy) is 2. The maximum absolute atomic E-state index is 14.5. The molecule has 1 N–H and O–H groups in total. The lowest BCUT2D eigenvalue weighted by atomic mass is 9.97. The molecule has 0 spiro atoms. The van der Waals surface area contributed by atoms with Crippen molar-refractivity contribution in [2.24, 2.45) is 7.05 Å². The van der Waals surface area contributed by atoms with Gasteiger partial charge in [0.05, 0.1) is 13.0 Å². The molecular weight excluding hydrogens is 542 g/mol. The molecule has 0 aliphatic heterocycles. The smallest absolute Gasteiger partial charge is 0.254 e. The Labute approximate surface area is 239 Å². The summed E-state index contributed by atoms with van der Waals surface area (Å²) in [5.74, 6) is -1.79. The van der Waals surface area contributed by atoms with E-state index in [1.807, 2.05) is 30.3 Å². The lowest BCUT2D eigenvalue weighted by molar-refractivity contribution is -0.115. The molecular formula is C33H26F2N2O5. The molecule has 0 aliphatic rings. The minimum atomic E-state index is -0.898. The number of amides is 1. The van der Waals surface area contributed by atoms with Crippen molar-refractivity contribution in [2.75, 3.05) is 11.9 Å². The number of anilines is 1. The van der Waals surface area contributed by atoms with Crippen LogP contribution in [0.25, 0.3) is 21.9 Å². The molecule has 5 rings (SSSR count). The highest BCUT2D eigenvalue weighted by Crippen LogP contribution is 2.40. The number of nitrogens with zero attached hydrogens (tertiary/aromatic N) is 1. The van der Waals surface area contributed by atoms with Crippen molar-refractivity contribution in [2.45, 2.75) is 13.3 Å². The number of rotatable bonds is 9. The van der Waals surface area contributed by atoms with Crippen molar-refractivity contribution in [3.8, 4) is 28.4 Å². The number of fused-ring (bicyclic) bond motifs is 1. The molecule has 42 heavy (non-hydrogen) atoms. The molecule has 0 unspecified atom stereocenters. The summed E-state index contributed by atoms with van der Waals surface area (Å²) in [6.07, 6.45) is 2.24. The highest BCUT2D eigenvalue weighted by atomic mass is 19.1. The predicted octanol–water partition coefficient (Wildman–Crippen LogP) is 6.67. The maximum Gasteiger partial charge on any atom is 0.254 e. The lowest BCUT2D eigenvalue weighted by Gasteiger charge is -2.17. The summed E-state index contributed by atoms with van der Waals surface area (Å²) < 4.78 is 40.9. The van der Waals surface area contributed by atoms with Crippen molar-refractivity contribution >= 4 is 28.7 Å². The Kier molecular flexibility index (Phi) is 8.10.